The third kappa shape index (κ3) is 4.12. The summed E-state index contributed by atoms with van der Waals surface area (Å²) in [4.78, 5) is 31.4. The number of ether oxygens (including phenoxy) is 1. The minimum atomic E-state index is -0.280. The number of aromatic amines is 1. The van der Waals surface area contributed by atoms with E-state index in [0.717, 1.165) is 35.9 Å². The molecule has 28 heavy (non-hydrogen) atoms. The highest BCUT2D eigenvalue weighted by atomic mass is 16.5. The number of hydrogen-bond donors (Lipinski definition) is 2. The lowest BCUT2D eigenvalue weighted by atomic mass is 10.1. The van der Waals surface area contributed by atoms with Crippen LogP contribution in [0, 0.1) is 6.92 Å². The minimum absolute atomic E-state index is 0.0886. The molecule has 3 aromatic rings. The zero-order chi connectivity index (χ0) is 19.5. The Labute approximate surface area is 161 Å². The molecular formula is C20H22N4O4. The molecule has 3 heterocycles. The van der Waals surface area contributed by atoms with Crippen LogP contribution in [0.2, 0.25) is 0 Å². The third-order valence-electron chi connectivity index (χ3n) is 4.83. The molecule has 2 N–H and O–H groups in total. The molecule has 0 unspecified atom stereocenters. The van der Waals surface area contributed by atoms with Crippen LogP contribution in [-0.4, -0.2) is 40.3 Å². The lowest BCUT2D eigenvalue weighted by molar-refractivity contribution is -0.121. The Morgan fingerprint density at radius 1 is 1.36 bits per heavy atom. The normalized spacial score (nSPS) is 16.5. The number of nitrogens with zero attached hydrogens (tertiary/aromatic N) is 2. The first-order valence-electron chi connectivity index (χ1n) is 9.43. The zero-order valence-corrected chi connectivity index (χ0v) is 15.7. The van der Waals surface area contributed by atoms with E-state index in [1.54, 1.807) is 6.07 Å². The number of aromatic nitrogens is 3. The van der Waals surface area contributed by atoms with E-state index in [9.17, 15) is 9.59 Å². The second kappa shape index (κ2) is 7.93. The molecule has 1 fully saturated rings. The smallest absolute Gasteiger partial charge is 0.259 e. The van der Waals surface area contributed by atoms with E-state index in [0.29, 0.717) is 24.4 Å². The van der Waals surface area contributed by atoms with E-state index in [1.165, 1.54) is 0 Å². The SMILES string of the molecule is Cc1ccc2[nH]c(=O)c(-c3noc(CCC(=O)NC[C@@H]4CCCO4)n3)cc2c1. The van der Waals surface area contributed by atoms with Crippen molar-refractivity contribution >= 4 is 16.8 Å². The number of hydrogen-bond acceptors (Lipinski definition) is 6. The van der Waals surface area contributed by atoms with Gasteiger partial charge in [0.1, 0.15) is 0 Å². The Hall–Kier alpha value is -3.00. The summed E-state index contributed by atoms with van der Waals surface area (Å²) in [5.74, 6) is 0.458. The van der Waals surface area contributed by atoms with Crippen molar-refractivity contribution in [1.29, 1.82) is 0 Å². The van der Waals surface area contributed by atoms with E-state index in [-0.39, 0.29) is 29.8 Å². The topological polar surface area (TPSA) is 110 Å². The molecule has 0 radical (unpaired) electrons. The number of fused-ring (bicyclic) bond motifs is 1. The molecule has 0 bridgehead atoms. The van der Waals surface area contributed by atoms with Crippen LogP contribution in [0.1, 0.15) is 30.7 Å². The van der Waals surface area contributed by atoms with E-state index in [1.807, 2.05) is 25.1 Å². The van der Waals surface area contributed by atoms with Gasteiger partial charge in [0.15, 0.2) is 0 Å². The fraction of sp³-hybridized carbons (Fsp3) is 0.400. The number of rotatable bonds is 6. The second-order valence-corrected chi connectivity index (χ2v) is 7.05. The van der Waals surface area contributed by atoms with Gasteiger partial charge in [-0.15, -0.1) is 0 Å². The van der Waals surface area contributed by atoms with Gasteiger partial charge < -0.3 is 19.6 Å². The number of amides is 1. The second-order valence-electron chi connectivity index (χ2n) is 7.05. The molecule has 0 aliphatic carbocycles. The molecule has 146 valence electrons. The van der Waals surface area contributed by atoms with Gasteiger partial charge in [-0.3, -0.25) is 9.59 Å². The van der Waals surface area contributed by atoms with Crippen molar-refractivity contribution in [2.45, 2.75) is 38.7 Å². The van der Waals surface area contributed by atoms with Crippen LogP contribution in [0.5, 0.6) is 0 Å². The Morgan fingerprint density at radius 3 is 3.07 bits per heavy atom. The fourth-order valence-corrected chi connectivity index (χ4v) is 3.30. The van der Waals surface area contributed by atoms with Crippen LogP contribution >= 0.6 is 0 Å². The number of nitrogens with one attached hydrogen (secondary N) is 2. The van der Waals surface area contributed by atoms with Crippen molar-refractivity contribution in [2.75, 3.05) is 13.2 Å². The molecule has 1 amide bonds. The number of aryl methyl sites for hydroxylation is 2. The van der Waals surface area contributed by atoms with Crippen LogP contribution in [-0.2, 0) is 16.0 Å². The first-order valence-corrected chi connectivity index (χ1v) is 9.43. The summed E-state index contributed by atoms with van der Waals surface area (Å²) in [6.07, 6.45) is 2.69. The summed E-state index contributed by atoms with van der Waals surface area (Å²) in [6, 6.07) is 7.54. The van der Waals surface area contributed by atoms with E-state index < -0.39 is 0 Å². The quantitative estimate of drug-likeness (QED) is 0.676. The van der Waals surface area contributed by atoms with Gasteiger partial charge in [-0.1, -0.05) is 16.8 Å². The number of carbonyl (C=O) groups is 1. The minimum Gasteiger partial charge on any atom is -0.376 e. The molecule has 8 heteroatoms. The van der Waals surface area contributed by atoms with Gasteiger partial charge in [0, 0.05) is 31.5 Å². The largest absolute Gasteiger partial charge is 0.376 e. The number of carbonyl (C=O) groups excluding carboxylic acids is 1. The Morgan fingerprint density at radius 2 is 2.25 bits per heavy atom. The van der Waals surface area contributed by atoms with Crippen molar-refractivity contribution < 1.29 is 14.1 Å². The number of H-pyrrole nitrogens is 1. The first-order chi connectivity index (χ1) is 13.6. The molecule has 1 aliphatic rings. The molecule has 8 nitrogen and oxygen atoms in total. The maximum absolute atomic E-state index is 12.4. The van der Waals surface area contributed by atoms with Crippen molar-refractivity contribution in [1.82, 2.24) is 20.4 Å². The standard InChI is InChI=1S/C20H22N4O4/c1-12-4-5-16-13(9-12)10-15(20(26)22-16)19-23-18(28-24-19)7-6-17(25)21-11-14-3-2-8-27-14/h4-5,9-10,14H,2-3,6-8,11H2,1H3,(H,21,25)(H,22,26)/t14-/m0/s1. The van der Waals surface area contributed by atoms with Crippen molar-refractivity contribution in [3.05, 3.63) is 46.1 Å². The van der Waals surface area contributed by atoms with Gasteiger partial charge in [-0.25, -0.2) is 0 Å². The highest BCUT2D eigenvalue weighted by molar-refractivity contribution is 5.83. The molecule has 1 aromatic carbocycles. The van der Waals surface area contributed by atoms with Crippen molar-refractivity contribution in [3.8, 4) is 11.4 Å². The van der Waals surface area contributed by atoms with Gasteiger partial charge in [-0.05, 0) is 43.4 Å². The fourth-order valence-electron chi connectivity index (χ4n) is 3.30. The summed E-state index contributed by atoms with van der Waals surface area (Å²) in [6.45, 7) is 3.28. The summed E-state index contributed by atoms with van der Waals surface area (Å²) >= 11 is 0. The highest BCUT2D eigenvalue weighted by Gasteiger charge is 2.17. The van der Waals surface area contributed by atoms with Gasteiger partial charge in [0.25, 0.3) is 5.56 Å². The van der Waals surface area contributed by atoms with Gasteiger partial charge in [0.2, 0.25) is 17.6 Å². The highest BCUT2D eigenvalue weighted by Crippen LogP contribution is 2.19. The first kappa shape index (κ1) is 18.4. The number of benzene rings is 1. The van der Waals surface area contributed by atoms with Gasteiger partial charge in [0.05, 0.1) is 11.7 Å². The lowest BCUT2D eigenvalue weighted by Gasteiger charge is -2.09. The van der Waals surface area contributed by atoms with E-state index >= 15 is 0 Å². The average Bonchev–Trinajstić information content (AvgIpc) is 3.36. The molecule has 1 saturated heterocycles. The van der Waals surface area contributed by atoms with Crippen LogP contribution < -0.4 is 10.9 Å². The lowest BCUT2D eigenvalue weighted by Crippen LogP contribution is -2.31. The summed E-state index contributed by atoms with van der Waals surface area (Å²) in [5, 5.41) is 7.66. The van der Waals surface area contributed by atoms with Crippen LogP contribution in [0.15, 0.2) is 33.6 Å². The number of pyridine rings is 1. The maximum atomic E-state index is 12.4. The molecule has 0 spiro atoms. The summed E-state index contributed by atoms with van der Waals surface area (Å²) in [7, 11) is 0. The average molecular weight is 382 g/mol. The van der Waals surface area contributed by atoms with Crippen molar-refractivity contribution in [2.24, 2.45) is 0 Å². The maximum Gasteiger partial charge on any atom is 0.259 e. The van der Waals surface area contributed by atoms with Gasteiger partial charge >= 0.3 is 0 Å². The summed E-state index contributed by atoms with van der Waals surface area (Å²) in [5.41, 5.74) is 1.91. The molecule has 1 aliphatic heterocycles. The van der Waals surface area contributed by atoms with Crippen LogP contribution in [0.3, 0.4) is 0 Å². The Bertz CT molecular complexity index is 1050. The van der Waals surface area contributed by atoms with E-state index in [4.69, 9.17) is 9.26 Å². The predicted octanol–water partition coefficient (Wildman–Crippen LogP) is 2.11. The zero-order valence-electron chi connectivity index (χ0n) is 15.7. The molecule has 0 saturated carbocycles. The van der Waals surface area contributed by atoms with Crippen molar-refractivity contribution in [3.63, 3.8) is 0 Å². The van der Waals surface area contributed by atoms with Crippen LogP contribution in [0.4, 0.5) is 0 Å². The van der Waals surface area contributed by atoms with Crippen LogP contribution in [0.25, 0.3) is 22.3 Å². The predicted molar refractivity (Wildman–Crippen MR) is 103 cm³/mol. The Balaban J connectivity index is 1.41. The Kier molecular flexibility index (Phi) is 5.21. The van der Waals surface area contributed by atoms with Gasteiger partial charge in [-0.2, -0.15) is 4.98 Å². The monoisotopic (exact) mass is 382 g/mol. The molecule has 2 aromatic heterocycles. The molecular weight excluding hydrogens is 360 g/mol. The third-order valence-corrected chi connectivity index (χ3v) is 4.83. The molecule has 1 atom stereocenters. The summed E-state index contributed by atoms with van der Waals surface area (Å²) < 4.78 is 10.7. The van der Waals surface area contributed by atoms with E-state index in [2.05, 4.69) is 20.4 Å². The molecule has 4 rings (SSSR count).